The summed E-state index contributed by atoms with van der Waals surface area (Å²) < 4.78 is 21.8. The van der Waals surface area contributed by atoms with E-state index in [0.29, 0.717) is 13.2 Å². The zero-order chi connectivity index (χ0) is 9.45. The number of hydrogen-bond donors (Lipinski definition) is 0. The lowest BCUT2D eigenvalue weighted by molar-refractivity contribution is 0.203. The third-order valence-corrected chi connectivity index (χ3v) is 6.61. The molecule has 0 aromatic rings. The molecule has 0 bridgehead atoms. The Morgan fingerprint density at radius 3 is 1.92 bits per heavy atom. The van der Waals surface area contributed by atoms with Gasteiger partial charge in [0.25, 0.3) is 0 Å². The Morgan fingerprint density at radius 1 is 1.17 bits per heavy atom. The Kier molecular flexibility index (Phi) is 6.85. The Hall–Kier alpha value is 0.237. The van der Waals surface area contributed by atoms with Crippen molar-refractivity contribution < 1.29 is 13.4 Å². The van der Waals surface area contributed by atoms with Crippen molar-refractivity contribution in [3.63, 3.8) is 0 Å². The molecule has 0 saturated heterocycles. The molecule has 0 unspecified atom stereocenters. The van der Waals surface area contributed by atoms with E-state index in [4.69, 9.17) is 8.85 Å². The lowest BCUT2D eigenvalue weighted by Crippen LogP contribution is -2.36. The topological polar surface area (TPSA) is 35.5 Å². The van der Waals surface area contributed by atoms with E-state index in [1.54, 1.807) is 0 Å². The molecule has 0 fully saturated rings. The molecule has 0 saturated carbocycles. The van der Waals surface area contributed by atoms with Crippen LogP contribution < -0.4 is 0 Å². The largest absolute Gasteiger partial charge is 0.441 e. The van der Waals surface area contributed by atoms with Gasteiger partial charge in [-0.3, -0.25) is 4.57 Å². The second kappa shape index (κ2) is 6.72. The lowest BCUT2D eigenvalue weighted by atomic mass is 10.6. The van der Waals surface area contributed by atoms with E-state index < -0.39 is 8.23 Å². The summed E-state index contributed by atoms with van der Waals surface area (Å²) in [6.07, 6.45) is 0.960. The summed E-state index contributed by atoms with van der Waals surface area (Å²) in [7, 11) is -2.29. The van der Waals surface area contributed by atoms with E-state index in [-0.39, 0.29) is 8.01 Å². The van der Waals surface area contributed by atoms with Crippen LogP contribution in [0.15, 0.2) is 0 Å². The van der Waals surface area contributed by atoms with Crippen LogP contribution in [0.25, 0.3) is 0 Å². The zero-order valence-corrected chi connectivity index (χ0v) is 9.89. The molecule has 72 valence electrons. The minimum atomic E-state index is -2.35. The smallest absolute Gasteiger partial charge is 0.387 e. The van der Waals surface area contributed by atoms with E-state index >= 15 is 0 Å². The van der Waals surface area contributed by atoms with Gasteiger partial charge in [-0.25, -0.2) is 0 Å². The molecular weight excluding hydrogens is 191 g/mol. The Bertz CT molecular complexity index is 115. The fourth-order valence-corrected chi connectivity index (χ4v) is 5.19. The molecule has 0 rings (SSSR count). The van der Waals surface area contributed by atoms with Crippen molar-refractivity contribution in [2.45, 2.75) is 33.2 Å². The average Bonchev–Trinajstić information content (AvgIpc) is 2.06. The highest BCUT2D eigenvalue weighted by Crippen LogP contribution is 2.26. The van der Waals surface area contributed by atoms with Gasteiger partial charge in [-0.05, 0) is 13.8 Å². The van der Waals surface area contributed by atoms with Gasteiger partial charge >= 0.3 is 8.23 Å². The van der Waals surface area contributed by atoms with Crippen molar-refractivity contribution in [2.24, 2.45) is 0 Å². The van der Waals surface area contributed by atoms with Gasteiger partial charge in [-0.15, -0.1) is 0 Å². The highest BCUT2D eigenvalue weighted by molar-refractivity contribution is 7.70. The Labute approximate surface area is 76.8 Å². The first-order valence-corrected chi connectivity index (χ1v) is 8.04. The van der Waals surface area contributed by atoms with Gasteiger partial charge in [0.1, 0.15) is 0 Å². The van der Waals surface area contributed by atoms with Crippen LogP contribution in [-0.4, -0.2) is 21.4 Å². The van der Waals surface area contributed by atoms with Crippen LogP contribution in [0.3, 0.4) is 0 Å². The van der Waals surface area contributed by atoms with Crippen LogP contribution in [0.5, 0.6) is 0 Å². The monoisotopic (exact) mass is 208 g/mol. The summed E-state index contributed by atoms with van der Waals surface area (Å²) in [6, 6.07) is 0.805. The van der Waals surface area contributed by atoms with Crippen molar-refractivity contribution >= 4 is 16.2 Å². The van der Waals surface area contributed by atoms with Crippen molar-refractivity contribution in [3.8, 4) is 0 Å². The van der Waals surface area contributed by atoms with Crippen molar-refractivity contribution in [1.29, 1.82) is 0 Å². The first-order chi connectivity index (χ1) is 5.74. The molecule has 0 aliphatic carbocycles. The predicted octanol–water partition coefficient (Wildman–Crippen LogP) is 2.70. The van der Waals surface area contributed by atoms with E-state index in [1.807, 2.05) is 20.8 Å². The maximum Gasteiger partial charge on any atom is 0.441 e. The molecule has 3 nitrogen and oxygen atoms in total. The minimum absolute atomic E-state index is 0.0598. The standard InChI is InChI=1S/C7H17O3PSi/c1-4-7-12(11-8,9-5-2)10-6-3/h4-7H2,1-3H3. The van der Waals surface area contributed by atoms with E-state index in [0.717, 1.165) is 12.5 Å². The molecule has 5 heteroatoms. The Morgan fingerprint density at radius 2 is 1.67 bits per heavy atom. The molecule has 12 heavy (non-hydrogen) atoms. The van der Waals surface area contributed by atoms with Gasteiger partial charge in [0, 0.05) is 19.3 Å². The molecule has 0 heterocycles. The molecule has 0 aliphatic heterocycles. The van der Waals surface area contributed by atoms with Crippen LogP contribution in [0.1, 0.15) is 27.2 Å². The quantitative estimate of drug-likeness (QED) is 0.476. The summed E-state index contributed by atoms with van der Waals surface area (Å²) in [5.41, 5.74) is 0. The summed E-state index contributed by atoms with van der Waals surface area (Å²) in [6.45, 7) is 7.02. The van der Waals surface area contributed by atoms with E-state index in [1.165, 1.54) is 0 Å². The highest BCUT2D eigenvalue weighted by Gasteiger charge is 2.38. The van der Waals surface area contributed by atoms with E-state index in [2.05, 4.69) is 0 Å². The molecule has 0 N–H and O–H groups in total. The first kappa shape index (κ1) is 12.2. The van der Waals surface area contributed by atoms with Crippen molar-refractivity contribution in [3.05, 3.63) is 0 Å². The Balaban J connectivity index is 4.16. The summed E-state index contributed by atoms with van der Waals surface area (Å²) >= 11 is 0. The van der Waals surface area contributed by atoms with E-state index in [9.17, 15) is 4.57 Å². The number of hydrogen-bond acceptors (Lipinski definition) is 3. The highest BCUT2D eigenvalue weighted by atomic mass is 31.3. The molecule has 0 aromatic carbocycles. The molecule has 0 aliphatic rings. The first-order valence-electron chi connectivity index (χ1n) is 4.37. The van der Waals surface area contributed by atoms with Crippen LogP contribution in [0, 0.1) is 0 Å². The van der Waals surface area contributed by atoms with Gasteiger partial charge in [0.05, 0.1) is 0 Å². The van der Waals surface area contributed by atoms with Gasteiger partial charge in [0.2, 0.25) is 0 Å². The normalized spacial score (nSPS) is 12.2. The fourth-order valence-electron chi connectivity index (χ4n) is 1.05. The van der Waals surface area contributed by atoms with Crippen LogP contribution in [-0.2, 0) is 13.4 Å². The molecule has 0 amide bonds. The molecular formula is C7H17O3PSi. The van der Waals surface area contributed by atoms with Gasteiger partial charge < -0.3 is 8.85 Å². The lowest BCUT2D eigenvalue weighted by Gasteiger charge is -2.21. The maximum absolute atomic E-state index is 10.9. The van der Waals surface area contributed by atoms with Crippen LogP contribution in [0.4, 0.5) is 0 Å². The van der Waals surface area contributed by atoms with Crippen LogP contribution in [0.2, 0.25) is 6.04 Å². The second-order valence-corrected chi connectivity index (χ2v) is 7.70. The third kappa shape index (κ3) is 3.76. The minimum Gasteiger partial charge on any atom is -0.387 e. The van der Waals surface area contributed by atoms with Crippen LogP contribution >= 0.6 is 8.01 Å². The van der Waals surface area contributed by atoms with Gasteiger partial charge in [-0.1, -0.05) is 13.3 Å². The maximum atomic E-state index is 10.9. The fraction of sp³-hybridized carbons (Fsp3) is 1.00. The summed E-state index contributed by atoms with van der Waals surface area (Å²) in [5.74, 6) is 0. The second-order valence-electron chi connectivity index (χ2n) is 2.42. The predicted molar refractivity (Wildman–Crippen MR) is 51.7 cm³/mol. The number of rotatable bonds is 7. The van der Waals surface area contributed by atoms with Gasteiger partial charge in [0.15, 0.2) is 8.01 Å². The molecule has 0 aromatic heterocycles. The molecule has 0 radical (unpaired) electrons. The average molecular weight is 208 g/mol. The summed E-state index contributed by atoms with van der Waals surface area (Å²) in [5, 5.41) is 0. The third-order valence-electron chi connectivity index (χ3n) is 1.44. The van der Waals surface area contributed by atoms with Crippen molar-refractivity contribution in [2.75, 3.05) is 13.2 Å². The molecule has 0 spiro atoms. The SMILES string of the molecule is CCC[Si](OCC)(OCC)P=O. The molecule has 0 atom stereocenters. The van der Waals surface area contributed by atoms with Gasteiger partial charge in [-0.2, -0.15) is 0 Å². The summed E-state index contributed by atoms with van der Waals surface area (Å²) in [4.78, 5) is 0. The zero-order valence-electron chi connectivity index (χ0n) is 8.00. The van der Waals surface area contributed by atoms with Crippen molar-refractivity contribution in [1.82, 2.24) is 0 Å².